The van der Waals surface area contributed by atoms with Crippen LogP contribution in [0.2, 0.25) is 0 Å². The van der Waals surface area contributed by atoms with E-state index in [1.54, 1.807) is 13.1 Å². The SMILES string of the molecule is Cc1nc(-c2ccccn2)sc1C(=O)NCCNC(=O)C(C)C. The van der Waals surface area contributed by atoms with E-state index in [-0.39, 0.29) is 17.7 Å². The second-order valence-electron chi connectivity index (χ2n) is 5.35. The molecule has 2 heterocycles. The molecule has 0 aliphatic carbocycles. The Morgan fingerprint density at radius 2 is 1.96 bits per heavy atom. The van der Waals surface area contributed by atoms with Crippen molar-refractivity contribution in [1.82, 2.24) is 20.6 Å². The number of thiazole rings is 1. The maximum absolute atomic E-state index is 12.2. The molecule has 0 aromatic carbocycles. The molecule has 0 radical (unpaired) electrons. The summed E-state index contributed by atoms with van der Waals surface area (Å²) in [6.45, 7) is 6.25. The lowest BCUT2D eigenvalue weighted by molar-refractivity contribution is -0.123. The van der Waals surface area contributed by atoms with Gasteiger partial charge in [0.05, 0.1) is 11.4 Å². The topological polar surface area (TPSA) is 84.0 Å². The van der Waals surface area contributed by atoms with Gasteiger partial charge in [-0.1, -0.05) is 19.9 Å². The highest BCUT2D eigenvalue weighted by Gasteiger charge is 2.16. The van der Waals surface area contributed by atoms with E-state index in [4.69, 9.17) is 0 Å². The van der Waals surface area contributed by atoms with E-state index in [0.717, 1.165) is 10.7 Å². The first-order valence-corrected chi connectivity index (χ1v) is 8.25. The molecule has 2 aromatic rings. The predicted molar refractivity (Wildman–Crippen MR) is 90.3 cm³/mol. The summed E-state index contributed by atoms with van der Waals surface area (Å²) in [7, 11) is 0. The van der Waals surface area contributed by atoms with E-state index >= 15 is 0 Å². The monoisotopic (exact) mass is 332 g/mol. The molecule has 0 atom stereocenters. The van der Waals surface area contributed by atoms with Crippen LogP contribution in [0.4, 0.5) is 0 Å². The van der Waals surface area contributed by atoms with Gasteiger partial charge in [0, 0.05) is 25.2 Å². The van der Waals surface area contributed by atoms with E-state index < -0.39 is 0 Å². The minimum Gasteiger partial charge on any atom is -0.354 e. The van der Waals surface area contributed by atoms with Crippen molar-refractivity contribution in [3.8, 4) is 10.7 Å². The van der Waals surface area contributed by atoms with E-state index in [2.05, 4.69) is 20.6 Å². The molecule has 0 unspecified atom stereocenters. The standard InChI is InChI=1S/C16H20N4O2S/c1-10(2)14(21)18-8-9-19-15(22)13-11(3)20-16(23-13)12-6-4-5-7-17-12/h4-7,10H,8-9H2,1-3H3,(H,18,21)(H,19,22). The van der Waals surface area contributed by atoms with Crippen molar-refractivity contribution in [2.24, 2.45) is 5.92 Å². The molecule has 2 aromatic heterocycles. The van der Waals surface area contributed by atoms with Gasteiger partial charge in [-0.05, 0) is 19.1 Å². The highest BCUT2D eigenvalue weighted by atomic mass is 32.1. The predicted octanol–water partition coefficient (Wildman–Crippen LogP) is 2.02. The summed E-state index contributed by atoms with van der Waals surface area (Å²) < 4.78 is 0. The van der Waals surface area contributed by atoms with E-state index in [1.807, 2.05) is 32.0 Å². The summed E-state index contributed by atoms with van der Waals surface area (Å²) in [5.41, 5.74) is 1.43. The molecule has 23 heavy (non-hydrogen) atoms. The Kier molecular flexibility index (Phi) is 5.81. The molecule has 0 saturated carbocycles. The number of pyridine rings is 1. The van der Waals surface area contributed by atoms with Crippen LogP contribution in [0.1, 0.15) is 29.2 Å². The summed E-state index contributed by atoms with van der Waals surface area (Å²) in [5.74, 6) is -0.262. The van der Waals surface area contributed by atoms with E-state index in [1.165, 1.54) is 11.3 Å². The Balaban J connectivity index is 1.93. The number of aryl methyl sites for hydroxylation is 1. The first-order chi connectivity index (χ1) is 11.0. The fraction of sp³-hybridized carbons (Fsp3) is 0.375. The highest BCUT2D eigenvalue weighted by Crippen LogP contribution is 2.26. The van der Waals surface area contributed by atoms with Gasteiger partial charge in [0.15, 0.2) is 0 Å². The second-order valence-corrected chi connectivity index (χ2v) is 6.35. The van der Waals surface area contributed by atoms with Gasteiger partial charge in [0.1, 0.15) is 9.88 Å². The maximum atomic E-state index is 12.2. The molecular weight excluding hydrogens is 312 g/mol. The Hall–Kier alpha value is -2.28. The average molecular weight is 332 g/mol. The van der Waals surface area contributed by atoms with Crippen molar-refractivity contribution in [3.63, 3.8) is 0 Å². The summed E-state index contributed by atoms with van der Waals surface area (Å²) >= 11 is 1.32. The highest BCUT2D eigenvalue weighted by molar-refractivity contribution is 7.17. The van der Waals surface area contributed by atoms with Gasteiger partial charge < -0.3 is 10.6 Å². The van der Waals surface area contributed by atoms with Crippen LogP contribution in [0.5, 0.6) is 0 Å². The quantitative estimate of drug-likeness (QED) is 0.793. The van der Waals surface area contributed by atoms with Gasteiger partial charge in [-0.25, -0.2) is 4.98 Å². The zero-order valence-electron chi connectivity index (χ0n) is 13.4. The number of carbonyl (C=O) groups is 2. The lowest BCUT2D eigenvalue weighted by Gasteiger charge is -2.08. The van der Waals surface area contributed by atoms with Crippen LogP contribution in [0.15, 0.2) is 24.4 Å². The van der Waals surface area contributed by atoms with Crippen molar-refractivity contribution in [3.05, 3.63) is 35.0 Å². The fourth-order valence-corrected chi connectivity index (χ4v) is 2.81. The number of amides is 2. The third kappa shape index (κ3) is 4.59. The Bertz CT molecular complexity index is 683. The Morgan fingerprint density at radius 3 is 2.61 bits per heavy atom. The van der Waals surface area contributed by atoms with Crippen LogP contribution in [-0.2, 0) is 4.79 Å². The lowest BCUT2D eigenvalue weighted by Crippen LogP contribution is -2.36. The van der Waals surface area contributed by atoms with Gasteiger partial charge in [-0.2, -0.15) is 0 Å². The number of carbonyl (C=O) groups excluding carboxylic acids is 2. The summed E-state index contributed by atoms with van der Waals surface area (Å²) in [4.78, 5) is 32.9. The smallest absolute Gasteiger partial charge is 0.263 e. The number of rotatable bonds is 6. The average Bonchev–Trinajstić information content (AvgIpc) is 2.94. The van der Waals surface area contributed by atoms with Crippen molar-refractivity contribution < 1.29 is 9.59 Å². The molecule has 122 valence electrons. The molecule has 0 fully saturated rings. The van der Waals surface area contributed by atoms with Crippen LogP contribution >= 0.6 is 11.3 Å². The first kappa shape index (κ1) is 17.1. The largest absolute Gasteiger partial charge is 0.354 e. The molecule has 2 rings (SSSR count). The normalized spacial score (nSPS) is 10.6. The molecule has 0 aliphatic rings. The van der Waals surface area contributed by atoms with Crippen LogP contribution in [0.25, 0.3) is 10.7 Å². The first-order valence-electron chi connectivity index (χ1n) is 7.43. The van der Waals surface area contributed by atoms with Crippen molar-refractivity contribution in [2.75, 3.05) is 13.1 Å². The molecule has 0 aliphatic heterocycles. The zero-order valence-corrected chi connectivity index (χ0v) is 14.2. The summed E-state index contributed by atoms with van der Waals surface area (Å²) in [6.07, 6.45) is 1.70. The Morgan fingerprint density at radius 1 is 1.22 bits per heavy atom. The minimum atomic E-state index is -0.180. The van der Waals surface area contributed by atoms with Gasteiger partial charge in [-0.3, -0.25) is 14.6 Å². The van der Waals surface area contributed by atoms with Gasteiger partial charge in [0.2, 0.25) is 5.91 Å². The summed E-state index contributed by atoms with van der Waals surface area (Å²) in [6, 6.07) is 5.58. The number of nitrogens with zero attached hydrogens (tertiary/aromatic N) is 2. The van der Waals surface area contributed by atoms with Crippen LogP contribution in [0, 0.1) is 12.8 Å². The number of hydrogen-bond donors (Lipinski definition) is 2. The number of aromatic nitrogens is 2. The molecule has 0 spiro atoms. The van der Waals surface area contributed by atoms with Gasteiger partial charge in [-0.15, -0.1) is 11.3 Å². The Labute approximate surface area is 139 Å². The number of hydrogen-bond acceptors (Lipinski definition) is 5. The third-order valence-electron chi connectivity index (χ3n) is 3.12. The number of nitrogens with one attached hydrogen (secondary N) is 2. The maximum Gasteiger partial charge on any atom is 0.263 e. The molecule has 2 N–H and O–H groups in total. The van der Waals surface area contributed by atoms with Gasteiger partial charge >= 0.3 is 0 Å². The van der Waals surface area contributed by atoms with Crippen molar-refractivity contribution in [2.45, 2.75) is 20.8 Å². The molecule has 0 saturated heterocycles. The third-order valence-corrected chi connectivity index (χ3v) is 4.30. The van der Waals surface area contributed by atoms with E-state index in [9.17, 15) is 9.59 Å². The van der Waals surface area contributed by atoms with Crippen LogP contribution in [-0.4, -0.2) is 34.9 Å². The lowest BCUT2D eigenvalue weighted by atomic mass is 10.2. The van der Waals surface area contributed by atoms with E-state index in [0.29, 0.717) is 23.7 Å². The van der Waals surface area contributed by atoms with Crippen molar-refractivity contribution in [1.29, 1.82) is 0 Å². The van der Waals surface area contributed by atoms with Crippen LogP contribution < -0.4 is 10.6 Å². The van der Waals surface area contributed by atoms with Crippen molar-refractivity contribution >= 4 is 23.2 Å². The molecule has 0 bridgehead atoms. The van der Waals surface area contributed by atoms with Gasteiger partial charge in [0.25, 0.3) is 5.91 Å². The van der Waals surface area contributed by atoms with Crippen LogP contribution in [0.3, 0.4) is 0 Å². The molecular formula is C16H20N4O2S. The second kappa shape index (κ2) is 7.82. The summed E-state index contributed by atoms with van der Waals surface area (Å²) in [5, 5.41) is 6.28. The zero-order chi connectivity index (χ0) is 16.8. The molecule has 2 amide bonds. The molecule has 6 nitrogen and oxygen atoms in total. The fourth-order valence-electron chi connectivity index (χ4n) is 1.85. The minimum absolute atomic E-state index is 0.0225. The molecule has 7 heteroatoms.